The third-order valence-electron chi connectivity index (χ3n) is 1.61. The van der Waals surface area contributed by atoms with Crippen LogP contribution in [0.25, 0.3) is 0 Å². The molecular weight excluding hydrogens is 132 g/mol. The lowest BCUT2D eigenvalue weighted by Gasteiger charge is -2.00. The van der Waals surface area contributed by atoms with Crippen LogP contribution >= 0.6 is 0 Å². The maximum absolute atomic E-state index is 3.27. The standard InChI is InChI=1S/C11H20/c1-5-6-7-11(4)9-8-10(2)3/h10-11H,5-7H2,1-4H3. The normalized spacial score (nSPS) is 12.5. The Labute approximate surface area is 71.4 Å². The van der Waals surface area contributed by atoms with E-state index < -0.39 is 0 Å². The maximum atomic E-state index is 3.27. The van der Waals surface area contributed by atoms with Crippen LogP contribution in [0.1, 0.15) is 47.0 Å². The van der Waals surface area contributed by atoms with E-state index in [1.54, 1.807) is 0 Å². The molecular formula is C11H20. The van der Waals surface area contributed by atoms with Gasteiger partial charge < -0.3 is 0 Å². The number of hydrogen-bond donors (Lipinski definition) is 0. The lowest BCUT2D eigenvalue weighted by Crippen LogP contribution is -1.90. The van der Waals surface area contributed by atoms with Gasteiger partial charge in [-0.25, -0.2) is 0 Å². The molecule has 0 rings (SSSR count). The van der Waals surface area contributed by atoms with E-state index in [0.29, 0.717) is 11.8 Å². The molecule has 0 heteroatoms. The highest BCUT2D eigenvalue weighted by Crippen LogP contribution is 2.05. The lowest BCUT2D eigenvalue weighted by molar-refractivity contribution is 0.612. The van der Waals surface area contributed by atoms with Gasteiger partial charge in [-0.05, 0) is 6.42 Å². The van der Waals surface area contributed by atoms with E-state index in [4.69, 9.17) is 0 Å². The van der Waals surface area contributed by atoms with Crippen molar-refractivity contribution in [3.05, 3.63) is 0 Å². The zero-order valence-corrected chi connectivity index (χ0v) is 8.28. The van der Waals surface area contributed by atoms with Crippen molar-refractivity contribution < 1.29 is 0 Å². The monoisotopic (exact) mass is 152 g/mol. The average molecular weight is 152 g/mol. The first-order valence-corrected chi connectivity index (χ1v) is 4.67. The number of hydrogen-bond acceptors (Lipinski definition) is 0. The van der Waals surface area contributed by atoms with Gasteiger partial charge in [-0.1, -0.05) is 46.5 Å². The quantitative estimate of drug-likeness (QED) is 0.543. The Morgan fingerprint density at radius 2 is 1.73 bits per heavy atom. The number of rotatable bonds is 3. The number of unbranched alkanes of at least 4 members (excludes halogenated alkanes) is 1. The Bertz CT molecular complexity index is 134. The Morgan fingerprint density at radius 3 is 2.18 bits per heavy atom. The van der Waals surface area contributed by atoms with E-state index >= 15 is 0 Å². The molecule has 0 aliphatic heterocycles. The molecule has 0 aliphatic carbocycles. The van der Waals surface area contributed by atoms with Gasteiger partial charge in [-0.2, -0.15) is 0 Å². The molecule has 0 aliphatic rings. The Kier molecular flexibility index (Phi) is 6.03. The van der Waals surface area contributed by atoms with Gasteiger partial charge in [0.15, 0.2) is 0 Å². The van der Waals surface area contributed by atoms with E-state index in [9.17, 15) is 0 Å². The van der Waals surface area contributed by atoms with Crippen molar-refractivity contribution in [3.8, 4) is 11.8 Å². The summed E-state index contributed by atoms with van der Waals surface area (Å²) in [6, 6.07) is 0. The molecule has 0 saturated carbocycles. The molecule has 11 heavy (non-hydrogen) atoms. The van der Waals surface area contributed by atoms with Crippen molar-refractivity contribution in [1.82, 2.24) is 0 Å². The zero-order valence-electron chi connectivity index (χ0n) is 8.28. The summed E-state index contributed by atoms with van der Waals surface area (Å²) in [4.78, 5) is 0. The second-order valence-electron chi connectivity index (χ2n) is 3.49. The predicted molar refractivity (Wildman–Crippen MR) is 51.3 cm³/mol. The molecule has 0 aromatic rings. The third kappa shape index (κ3) is 7.46. The smallest absolute Gasteiger partial charge is 0.0174 e. The summed E-state index contributed by atoms with van der Waals surface area (Å²) in [6.07, 6.45) is 3.86. The third-order valence-corrected chi connectivity index (χ3v) is 1.61. The van der Waals surface area contributed by atoms with Crippen molar-refractivity contribution in [2.45, 2.75) is 47.0 Å². The summed E-state index contributed by atoms with van der Waals surface area (Å²) in [5.74, 6) is 7.59. The molecule has 0 N–H and O–H groups in total. The SMILES string of the molecule is CCCCC(C)C#CC(C)C. The summed E-state index contributed by atoms with van der Waals surface area (Å²) < 4.78 is 0. The molecule has 0 radical (unpaired) electrons. The molecule has 0 heterocycles. The van der Waals surface area contributed by atoms with Crippen LogP contribution < -0.4 is 0 Å². The molecule has 0 fully saturated rings. The van der Waals surface area contributed by atoms with E-state index in [-0.39, 0.29) is 0 Å². The van der Waals surface area contributed by atoms with Crippen molar-refractivity contribution in [2.24, 2.45) is 11.8 Å². The zero-order chi connectivity index (χ0) is 8.69. The highest BCUT2D eigenvalue weighted by Gasteiger charge is 1.94. The first-order valence-electron chi connectivity index (χ1n) is 4.67. The van der Waals surface area contributed by atoms with E-state index in [1.807, 2.05) is 0 Å². The van der Waals surface area contributed by atoms with Gasteiger partial charge in [-0.15, -0.1) is 5.92 Å². The van der Waals surface area contributed by atoms with Crippen LogP contribution in [0.3, 0.4) is 0 Å². The van der Waals surface area contributed by atoms with Crippen molar-refractivity contribution in [1.29, 1.82) is 0 Å². The van der Waals surface area contributed by atoms with Crippen LogP contribution in [0.2, 0.25) is 0 Å². The molecule has 0 bridgehead atoms. The minimum absolute atomic E-state index is 0.527. The largest absolute Gasteiger partial charge is 0.100 e. The van der Waals surface area contributed by atoms with Crippen LogP contribution in [0.15, 0.2) is 0 Å². The van der Waals surface area contributed by atoms with Crippen LogP contribution in [0, 0.1) is 23.7 Å². The molecule has 0 saturated heterocycles. The molecule has 1 atom stereocenters. The van der Waals surface area contributed by atoms with Gasteiger partial charge in [0.25, 0.3) is 0 Å². The highest BCUT2D eigenvalue weighted by molar-refractivity contribution is 5.04. The summed E-state index contributed by atoms with van der Waals surface area (Å²) in [5.41, 5.74) is 0. The van der Waals surface area contributed by atoms with Crippen LogP contribution in [0.5, 0.6) is 0 Å². The molecule has 0 nitrogen and oxygen atoms in total. The maximum Gasteiger partial charge on any atom is 0.0174 e. The van der Waals surface area contributed by atoms with Crippen LogP contribution in [-0.2, 0) is 0 Å². The first-order chi connectivity index (χ1) is 5.16. The average Bonchev–Trinajstić information content (AvgIpc) is 1.97. The fourth-order valence-corrected chi connectivity index (χ4v) is 0.891. The van der Waals surface area contributed by atoms with Crippen LogP contribution in [0.4, 0.5) is 0 Å². The van der Waals surface area contributed by atoms with Crippen LogP contribution in [-0.4, -0.2) is 0 Å². The van der Waals surface area contributed by atoms with Crippen molar-refractivity contribution in [3.63, 3.8) is 0 Å². The topological polar surface area (TPSA) is 0 Å². The van der Waals surface area contributed by atoms with Gasteiger partial charge in [0.2, 0.25) is 0 Å². The van der Waals surface area contributed by atoms with Gasteiger partial charge in [0.05, 0.1) is 0 Å². The molecule has 1 unspecified atom stereocenters. The Morgan fingerprint density at radius 1 is 1.09 bits per heavy atom. The van der Waals surface area contributed by atoms with E-state index in [2.05, 4.69) is 39.5 Å². The Hall–Kier alpha value is -0.440. The van der Waals surface area contributed by atoms with Gasteiger partial charge in [0, 0.05) is 11.8 Å². The fraction of sp³-hybridized carbons (Fsp3) is 0.818. The van der Waals surface area contributed by atoms with Crippen molar-refractivity contribution in [2.75, 3.05) is 0 Å². The highest BCUT2D eigenvalue weighted by atomic mass is 14.0. The van der Waals surface area contributed by atoms with E-state index in [0.717, 1.165) is 0 Å². The second kappa shape index (κ2) is 6.28. The minimum Gasteiger partial charge on any atom is -0.100 e. The molecule has 0 amide bonds. The molecule has 64 valence electrons. The summed E-state index contributed by atoms with van der Waals surface area (Å²) in [5, 5.41) is 0. The molecule has 0 aromatic heterocycles. The summed E-state index contributed by atoms with van der Waals surface area (Å²) in [6.45, 7) is 8.71. The Balaban J connectivity index is 3.53. The fourth-order valence-electron chi connectivity index (χ4n) is 0.891. The van der Waals surface area contributed by atoms with Gasteiger partial charge in [0.1, 0.15) is 0 Å². The predicted octanol–water partition coefficient (Wildman–Crippen LogP) is 3.47. The molecule has 0 aromatic carbocycles. The summed E-state index contributed by atoms with van der Waals surface area (Å²) in [7, 11) is 0. The van der Waals surface area contributed by atoms with Gasteiger partial charge in [-0.3, -0.25) is 0 Å². The van der Waals surface area contributed by atoms with Gasteiger partial charge >= 0.3 is 0 Å². The first kappa shape index (κ1) is 10.6. The summed E-state index contributed by atoms with van der Waals surface area (Å²) >= 11 is 0. The van der Waals surface area contributed by atoms with Crippen molar-refractivity contribution >= 4 is 0 Å². The lowest BCUT2D eigenvalue weighted by atomic mass is 10.0. The minimum atomic E-state index is 0.527. The van der Waals surface area contributed by atoms with E-state index in [1.165, 1.54) is 19.3 Å². The second-order valence-corrected chi connectivity index (χ2v) is 3.49. The molecule has 0 spiro atoms.